The summed E-state index contributed by atoms with van der Waals surface area (Å²) >= 11 is 0. The van der Waals surface area contributed by atoms with Crippen molar-refractivity contribution in [2.24, 2.45) is 0 Å². The minimum Gasteiger partial charge on any atom is -0.493 e. The van der Waals surface area contributed by atoms with Gasteiger partial charge in [-0.05, 0) is 77.1 Å². The maximum Gasteiger partial charge on any atom is 0.340 e. The number of benzene rings is 4. The molecule has 4 aromatic carbocycles. The number of fused-ring (bicyclic) bond motifs is 3. The van der Waals surface area contributed by atoms with Crippen LogP contribution >= 0.6 is 0 Å². The molecule has 8 heteroatoms. The summed E-state index contributed by atoms with van der Waals surface area (Å²) in [7, 11) is 0. The van der Waals surface area contributed by atoms with Gasteiger partial charge in [0.25, 0.3) is 0 Å². The molecule has 0 saturated heterocycles. The van der Waals surface area contributed by atoms with Crippen molar-refractivity contribution in [3.05, 3.63) is 160 Å². The number of nitrogens with one attached hydrogen (secondary N) is 1. The van der Waals surface area contributed by atoms with Crippen LogP contribution in [0.4, 0.5) is 5.69 Å². The second kappa shape index (κ2) is 14.9. The van der Waals surface area contributed by atoms with E-state index in [0.29, 0.717) is 30.1 Å². The predicted molar refractivity (Wildman–Crippen MR) is 210 cm³/mol. The lowest BCUT2D eigenvalue weighted by molar-refractivity contribution is 0.0245. The van der Waals surface area contributed by atoms with Crippen molar-refractivity contribution >= 4 is 34.2 Å². The maximum absolute atomic E-state index is 14.0. The number of ether oxygens (including phenoxy) is 3. The number of aryl methyl sites for hydroxylation is 1. The Labute approximate surface area is 311 Å². The standard InChI is InChI=1S/C37H39N3O3.C8H6O2/c1-6-39(7-2)26-21-22-30(33(24-26)42-9-4)37(34-25(5)40(8-3)32-20-13-12-16-28(32)34)35-27(31-19-11-10-14-23-38-31)17-15-18-29(35)36(41)43-37;9-8-7-4-2-1-3-6(7)5-10-8/h10-24,38H,6-9H2,1-5H3;1-4H,5H2. The van der Waals surface area contributed by atoms with Gasteiger partial charge >= 0.3 is 11.9 Å². The second-order valence-corrected chi connectivity index (χ2v) is 13.0. The number of carbonyl (C=O) groups excluding carboxylic acids is 2. The zero-order chi connectivity index (χ0) is 37.1. The fourth-order valence-electron chi connectivity index (χ4n) is 7.91. The van der Waals surface area contributed by atoms with Gasteiger partial charge in [0, 0.05) is 87.7 Å². The number of aromatic nitrogens is 1. The molecule has 0 fully saturated rings. The highest BCUT2D eigenvalue weighted by atomic mass is 16.6. The molecule has 8 rings (SSSR count). The van der Waals surface area contributed by atoms with Crippen molar-refractivity contribution in [2.75, 3.05) is 24.6 Å². The summed E-state index contributed by atoms with van der Waals surface area (Å²) in [5.41, 5.74) is 8.61. The smallest absolute Gasteiger partial charge is 0.340 e. The number of cyclic esters (lactones) is 2. The number of anilines is 1. The lowest BCUT2D eigenvalue weighted by Crippen LogP contribution is -2.33. The third-order valence-corrected chi connectivity index (χ3v) is 10.3. The molecule has 3 aliphatic rings. The van der Waals surface area contributed by atoms with E-state index in [4.69, 9.17) is 14.2 Å². The van der Waals surface area contributed by atoms with E-state index < -0.39 is 5.60 Å². The first-order valence-electron chi connectivity index (χ1n) is 18.4. The number of hydrogen-bond acceptors (Lipinski definition) is 7. The first-order valence-corrected chi connectivity index (χ1v) is 18.4. The topological polar surface area (TPSA) is 82.0 Å². The quantitative estimate of drug-likeness (QED) is 0.153. The molecule has 0 spiro atoms. The fraction of sp³-hybridized carbons (Fsp3) is 0.244. The summed E-state index contributed by atoms with van der Waals surface area (Å²) in [6, 6.07) is 28.0. The van der Waals surface area contributed by atoms with Gasteiger partial charge in [-0.1, -0.05) is 60.7 Å². The summed E-state index contributed by atoms with van der Waals surface area (Å²) in [4.78, 5) is 27.2. The van der Waals surface area contributed by atoms with Crippen LogP contribution < -0.4 is 15.0 Å². The van der Waals surface area contributed by atoms with Gasteiger partial charge < -0.3 is 29.0 Å². The van der Waals surface area contributed by atoms with E-state index >= 15 is 0 Å². The van der Waals surface area contributed by atoms with E-state index in [1.165, 1.54) is 0 Å². The lowest BCUT2D eigenvalue weighted by atomic mass is 9.75. The summed E-state index contributed by atoms with van der Waals surface area (Å²) in [6.07, 6.45) is 9.89. The van der Waals surface area contributed by atoms with Crippen LogP contribution in [0.5, 0.6) is 5.75 Å². The van der Waals surface area contributed by atoms with Gasteiger partial charge in [-0.15, -0.1) is 0 Å². The maximum atomic E-state index is 14.0. The van der Waals surface area contributed by atoms with Gasteiger partial charge in [-0.25, -0.2) is 9.59 Å². The Morgan fingerprint density at radius 2 is 1.57 bits per heavy atom. The number of hydrogen-bond donors (Lipinski definition) is 1. The van der Waals surface area contributed by atoms with Crippen molar-refractivity contribution < 1.29 is 23.8 Å². The highest BCUT2D eigenvalue weighted by Gasteiger charge is 2.54. The van der Waals surface area contributed by atoms with Crippen LogP contribution in [0.1, 0.15) is 81.9 Å². The first-order chi connectivity index (χ1) is 25.9. The molecule has 4 heterocycles. The monoisotopic (exact) mass is 707 g/mol. The third-order valence-electron chi connectivity index (χ3n) is 10.3. The molecule has 1 aromatic heterocycles. The van der Waals surface area contributed by atoms with Crippen LogP contribution in [0.25, 0.3) is 16.6 Å². The van der Waals surface area contributed by atoms with Gasteiger partial charge in [0.05, 0.1) is 17.7 Å². The van der Waals surface area contributed by atoms with Gasteiger partial charge in [0.1, 0.15) is 12.4 Å². The highest BCUT2D eigenvalue weighted by Crippen LogP contribution is 2.55. The van der Waals surface area contributed by atoms with Gasteiger partial charge in [0.2, 0.25) is 0 Å². The van der Waals surface area contributed by atoms with E-state index in [0.717, 1.165) is 75.4 Å². The molecule has 8 nitrogen and oxygen atoms in total. The fourth-order valence-corrected chi connectivity index (χ4v) is 7.91. The van der Waals surface area contributed by atoms with Crippen LogP contribution in [-0.2, 0) is 28.2 Å². The van der Waals surface area contributed by atoms with E-state index in [2.05, 4.69) is 91.0 Å². The predicted octanol–water partition coefficient (Wildman–Crippen LogP) is 9.05. The Hall–Kier alpha value is -6.02. The molecule has 1 N–H and O–H groups in total. The number of para-hydroxylation sites is 1. The normalized spacial score (nSPS) is 16.8. The highest BCUT2D eigenvalue weighted by molar-refractivity contribution is 6.01. The Morgan fingerprint density at radius 1 is 0.811 bits per heavy atom. The van der Waals surface area contributed by atoms with Gasteiger partial charge in [-0.3, -0.25) is 0 Å². The largest absolute Gasteiger partial charge is 0.493 e. The Bertz CT molecular complexity index is 2290. The average molecular weight is 708 g/mol. The number of rotatable bonds is 9. The minimum atomic E-state index is -1.26. The van der Waals surface area contributed by atoms with Crippen LogP contribution in [0, 0.1) is 6.92 Å². The zero-order valence-corrected chi connectivity index (χ0v) is 30.9. The molecule has 3 aliphatic heterocycles. The third kappa shape index (κ3) is 6.08. The van der Waals surface area contributed by atoms with Crippen LogP contribution in [0.15, 0.2) is 115 Å². The number of carbonyl (C=O) groups is 2. The molecular formula is C45H45N3O5. The number of esters is 2. The zero-order valence-electron chi connectivity index (χ0n) is 30.9. The van der Waals surface area contributed by atoms with E-state index in [1.807, 2.05) is 67.8 Å². The first kappa shape index (κ1) is 35.4. The summed E-state index contributed by atoms with van der Waals surface area (Å²) < 4.78 is 20.3. The van der Waals surface area contributed by atoms with Crippen molar-refractivity contribution in [1.29, 1.82) is 0 Å². The Balaban J connectivity index is 0.000000373. The van der Waals surface area contributed by atoms with E-state index in [-0.39, 0.29) is 11.9 Å². The van der Waals surface area contributed by atoms with E-state index in [1.54, 1.807) is 6.07 Å². The van der Waals surface area contributed by atoms with Gasteiger partial charge in [0.15, 0.2) is 5.60 Å². The molecule has 0 radical (unpaired) electrons. The molecule has 0 saturated carbocycles. The van der Waals surface area contributed by atoms with Crippen molar-refractivity contribution in [1.82, 2.24) is 9.88 Å². The summed E-state index contributed by atoms with van der Waals surface area (Å²) in [5.74, 6) is 0.161. The molecule has 53 heavy (non-hydrogen) atoms. The summed E-state index contributed by atoms with van der Waals surface area (Å²) in [5, 5.41) is 4.49. The Morgan fingerprint density at radius 3 is 2.34 bits per heavy atom. The molecule has 5 aromatic rings. The molecule has 1 atom stereocenters. The van der Waals surface area contributed by atoms with Gasteiger partial charge in [-0.2, -0.15) is 0 Å². The van der Waals surface area contributed by atoms with Crippen molar-refractivity contribution in [3.63, 3.8) is 0 Å². The molecule has 1 unspecified atom stereocenters. The minimum absolute atomic E-state index is 0.199. The summed E-state index contributed by atoms with van der Waals surface area (Å²) in [6.45, 7) is 14.0. The number of allylic oxidation sites excluding steroid dienone is 4. The second-order valence-electron chi connectivity index (χ2n) is 13.0. The van der Waals surface area contributed by atoms with Crippen LogP contribution in [-0.4, -0.2) is 36.2 Å². The molecule has 270 valence electrons. The van der Waals surface area contributed by atoms with E-state index in [9.17, 15) is 9.59 Å². The van der Waals surface area contributed by atoms with Crippen LogP contribution in [0.2, 0.25) is 0 Å². The molecule has 0 amide bonds. The molecular weight excluding hydrogens is 663 g/mol. The Kier molecular flexibility index (Phi) is 9.96. The van der Waals surface area contributed by atoms with Crippen molar-refractivity contribution in [3.8, 4) is 5.75 Å². The number of nitrogens with zero attached hydrogens (tertiary/aromatic N) is 2. The average Bonchev–Trinajstić information content (AvgIpc) is 3.70. The molecule has 0 bridgehead atoms. The van der Waals surface area contributed by atoms with Crippen molar-refractivity contribution in [2.45, 2.75) is 53.4 Å². The van der Waals surface area contributed by atoms with Crippen LogP contribution in [0.3, 0.4) is 0 Å². The lowest BCUT2D eigenvalue weighted by Gasteiger charge is -2.34. The molecule has 0 aliphatic carbocycles. The SMILES string of the molecule is CCOc1cc(N(CC)CC)ccc1C1(c2c(C)n(CC)c3ccccc23)OC(=O)c2cccc(C3=CC=CC=CN3)c21.O=C1OCc2ccccc21.